The van der Waals surface area contributed by atoms with Gasteiger partial charge in [0.1, 0.15) is 11.5 Å². The number of carbonyl (C=O) groups is 2. The van der Waals surface area contributed by atoms with Gasteiger partial charge in [0.2, 0.25) is 0 Å². The SMILES string of the molecule is CCOc1ccc(C(O)=C2C(=O)C(=O)N(CCN3CCOCC3)C2c2ccccc2)cc1Cl. The molecule has 0 aromatic heterocycles. The highest BCUT2D eigenvalue weighted by atomic mass is 35.5. The Kier molecular flexibility index (Phi) is 7.33. The number of hydrogen-bond donors (Lipinski definition) is 1. The van der Waals surface area contributed by atoms with Gasteiger partial charge in [-0.1, -0.05) is 41.9 Å². The number of amides is 1. The highest BCUT2D eigenvalue weighted by Crippen LogP contribution is 2.40. The van der Waals surface area contributed by atoms with Gasteiger partial charge in [-0.3, -0.25) is 14.5 Å². The number of rotatable bonds is 7. The highest BCUT2D eigenvalue weighted by Gasteiger charge is 2.46. The maximum absolute atomic E-state index is 13.1. The molecule has 2 heterocycles. The molecule has 0 aliphatic carbocycles. The molecule has 33 heavy (non-hydrogen) atoms. The van der Waals surface area contributed by atoms with Crippen molar-refractivity contribution in [1.82, 2.24) is 9.80 Å². The minimum Gasteiger partial charge on any atom is -0.507 e. The molecule has 174 valence electrons. The van der Waals surface area contributed by atoms with Crippen LogP contribution in [0.15, 0.2) is 54.1 Å². The lowest BCUT2D eigenvalue weighted by Crippen LogP contribution is -2.42. The zero-order valence-corrected chi connectivity index (χ0v) is 19.3. The Labute approximate surface area is 198 Å². The summed E-state index contributed by atoms with van der Waals surface area (Å²) in [4.78, 5) is 29.9. The summed E-state index contributed by atoms with van der Waals surface area (Å²) in [6.45, 7) is 6.16. The molecule has 1 unspecified atom stereocenters. The fraction of sp³-hybridized carbons (Fsp3) is 0.360. The monoisotopic (exact) mass is 470 g/mol. The van der Waals surface area contributed by atoms with Crippen molar-refractivity contribution < 1.29 is 24.2 Å². The zero-order valence-electron chi connectivity index (χ0n) is 18.5. The topological polar surface area (TPSA) is 79.3 Å². The minimum atomic E-state index is -0.701. The molecule has 4 rings (SSSR count). The summed E-state index contributed by atoms with van der Waals surface area (Å²) in [5, 5.41) is 11.5. The number of nitrogens with zero attached hydrogens (tertiary/aromatic N) is 2. The summed E-state index contributed by atoms with van der Waals surface area (Å²) in [7, 11) is 0. The lowest BCUT2D eigenvalue weighted by molar-refractivity contribution is -0.140. The third kappa shape index (κ3) is 4.90. The Morgan fingerprint density at radius 3 is 2.52 bits per heavy atom. The van der Waals surface area contributed by atoms with E-state index in [1.54, 1.807) is 23.1 Å². The van der Waals surface area contributed by atoms with Crippen LogP contribution in [0.1, 0.15) is 24.1 Å². The van der Waals surface area contributed by atoms with Crippen LogP contribution in [0, 0.1) is 0 Å². The van der Waals surface area contributed by atoms with E-state index >= 15 is 0 Å². The largest absolute Gasteiger partial charge is 0.507 e. The Balaban J connectivity index is 1.71. The number of ether oxygens (including phenoxy) is 2. The second-order valence-corrected chi connectivity index (χ2v) is 8.34. The van der Waals surface area contributed by atoms with Gasteiger partial charge in [-0.2, -0.15) is 0 Å². The molecule has 2 fully saturated rings. The quantitative estimate of drug-likeness (QED) is 0.379. The van der Waals surface area contributed by atoms with Gasteiger partial charge in [0.25, 0.3) is 11.7 Å². The Morgan fingerprint density at radius 1 is 1.12 bits per heavy atom. The number of benzene rings is 2. The fourth-order valence-corrected chi connectivity index (χ4v) is 4.48. The summed E-state index contributed by atoms with van der Waals surface area (Å²) in [6.07, 6.45) is 0. The van der Waals surface area contributed by atoms with Crippen LogP contribution in [-0.2, 0) is 14.3 Å². The first kappa shape index (κ1) is 23.3. The minimum absolute atomic E-state index is 0.0633. The number of ketones is 1. The average molecular weight is 471 g/mol. The van der Waals surface area contributed by atoms with Gasteiger partial charge in [0, 0.05) is 31.7 Å². The van der Waals surface area contributed by atoms with Crippen molar-refractivity contribution in [3.63, 3.8) is 0 Å². The number of aliphatic hydroxyl groups is 1. The van der Waals surface area contributed by atoms with Gasteiger partial charge in [-0.05, 0) is 30.7 Å². The fourth-order valence-electron chi connectivity index (χ4n) is 4.24. The van der Waals surface area contributed by atoms with E-state index in [0.717, 1.165) is 18.7 Å². The smallest absolute Gasteiger partial charge is 0.295 e. The molecule has 7 nitrogen and oxygen atoms in total. The van der Waals surface area contributed by atoms with Crippen molar-refractivity contribution in [3.8, 4) is 5.75 Å². The van der Waals surface area contributed by atoms with Gasteiger partial charge < -0.3 is 19.5 Å². The first-order chi connectivity index (χ1) is 16.0. The predicted molar refractivity (Wildman–Crippen MR) is 125 cm³/mol. The summed E-state index contributed by atoms with van der Waals surface area (Å²) < 4.78 is 10.9. The Morgan fingerprint density at radius 2 is 1.85 bits per heavy atom. The van der Waals surface area contributed by atoms with E-state index < -0.39 is 17.7 Å². The van der Waals surface area contributed by atoms with Crippen LogP contribution in [0.3, 0.4) is 0 Å². The molecule has 0 spiro atoms. The molecule has 8 heteroatoms. The molecular formula is C25H27ClN2O5. The van der Waals surface area contributed by atoms with E-state index in [2.05, 4.69) is 4.90 Å². The van der Waals surface area contributed by atoms with Crippen LogP contribution in [0.2, 0.25) is 5.02 Å². The molecule has 0 bridgehead atoms. The van der Waals surface area contributed by atoms with Crippen molar-refractivity contribution >= 4 is 29.1 Å². The molecule has 2 saturated heterocycles. The average Bonchev–Trinajstić information content (AvgIpc) is 3.09. The van der Waals surface area contributed by atoms with E-state index in [-0.39, 0.29) is 11.3 Å². The number of aliphatic hydroxyl groups excluding tert-OH is 1. The normalized spacial score (nSPS) is 20.9. The first-order valence-electron chi connectivity index (χ1n) is 11.1. The van der Waals surface area contributed by atoms with Gasteiger partial charge in [-0.25, -0.2) is 0 Å². The summed E-state index contributed by atoms with van der Waals surface area (Å²) >= 11 is 6.31. The molecule has 1 amide bonds. The van der Waals surface area contributed by atoms with E-state index in [1.807, 2.05) is 37.3 Å². The number of likely N-dealkylation sites (tertiary alicyclic amines) is 1. The van der Waals surface area contributed by atoms with Crippen LogP contribution in [0.25, 0.3) is 5.76 Å². The number of carbonyl (C=O) groups excluding carboxylic acids is 2. The molecule has 2 aliphatic rings. The molecule has 2 aliphatic heterocycles. The van der Waals surface area contributed by atoms with Crippen molar-refractivity contribution in [3.05, 3.63) is 70.3 Å². The molecule has 2 aromatic rings. The van der Waals surface area contributed by atoms with Crippen molar-refractivity contribution in [1.29, 1.82) is 0 Å². The maximum atomic E-state index is 13.1. The summed E-state index contributed by atoms with van der Waals surface area (Å²) in [5.41, 5.74) is 1.18. The van der Waals surface area contributed by atoms with E-state index in [1.165, 1.54) is 0 Å². The van der Waals surface area contributed by atoms with E-state index in [4.69, 9.17) is 21.1 Å². The highest BCUT2D eigenvalue weighted by molar-refractivity contribution is 6.46. The second kappa shape index (κ2) is 10.4. The third-order valence-corrected chi connectivity index (χ3v) is 6.22. The van der Waals surface area contributed by atoms with Crippen LogP contribution in [0.5, 0.6) is 5.75 Å². The second-order valence-electron chi connectivity index (χ2n) is 7.94. The molecule has 1 N–H and O–H groups in total. The number of Topliss-reactive ketones (excluding diaryl/α,β-unsaturated/α-hetero) is 1. The van der Waals surface area contributed by atoms with Crippen LogP contribution >= 0.6 is 11.6 Å². The van der Waals surface area contributed by atoms with Crippen LogP contribution in [-0.4, -0.2) is 72.6 Å². The molecule has 0 saturated carbocycles. The van der Waals surface area contributed by atoms with E-state index in [0.29, 0.717) is 49.2 Å². The van der Waals surface area contributed by atoms with E-state index in [9.17, 15) is 14.7 Å². The zero-order chi connectivity index (χ0) is 23.4. The first-order valence-corrected chi connectivity index (χ1v) is 11.4. The summed E-state index contributed by atoms with van der Waals surface area (Å²) in [5.74, 6) is -1.08. The van der Waals surface area contributed by atoms with Crippen molar-refractivity contribution in [2.45, 2.75) is 13.0 Å². The van der Waals surface area contributed by atoms with Gasteiger partial charge >= 0.3 is 0 Å². The molecular weight excluding hydrogens is 444 g/mol. The Bertz CT molecular complexity index is 1050. The number of halogens is 1. The van der Waals surface area contributed by atoms with Gasteiger partial charge in [-0.15, -0.1) is 0 Å². The molecule has 2 aromatic carbocycles. The lowest BCUT2D eigenvalue weighted by atomic mass is 9.95. The lowest BCUT2D eigenvalue weighted by Gasteiger charge is -2.31. The third-order valence-electron chi connectivity index (χ3n) is 5.92. The van der Waals surface area contributed by atoms with Gasteiger partial charge in [0.05, 0.1) is 36.5 Å². The number of morpholine rings is 1. The van der Waals surface area contributed by atoms with Crippen molar-refractivity contribution in [2.24, 2.45) is 0 Å². The predicted octanol–water partition coefficient (Wildman–Crippen LogP) is 3.49. The van der Waals surface area contributed by atoms with Crippen LogP contribution in [0.4, 0.5) is 0 Å². The maximum Gasteiger partial charge on any atom is 0.295 e. The molecule has 1 atom stereocenters. The van der Waals surface area contributed by atoms with Crippen LogP contribution < -0.4 is 4.74 Å². The number of hydrogen-bond acceptors (Lipinski definition) is 6. The standard InChI is InChI=1S/C25H27ClN2O5/c1-2-33-20-9-8-18(16-19(20)26)23(29)21-22(17-6-4-3-5-7-17)28(25(31)24(21)30)11-10-27-12-14-32-15-13-27/h3-9,16,22,29H,2,10-15H2,1H3. The summed E-state index contributed by atoms with van der Waals surface area (Å²) in [6, 6.07) is 13.4. The Hall–Kier alpha value is -2.87. The van der Waals surface area contributed by atoms with Gasteiger partial charge in [0.15, 0.2) is 0 Å². The van der Waals surface area contributed by atoms with Crippen molar-refractivity contribution in [2.75, 3.05) is 46.0 Å². The molecule has 0 radical (unpaired) electrons.